The van der Waals surface area contributed by atoms with Crippen LogP contribution < -0.4 is 10.6 Å². The number of piperidine rings is 1. The predicted molar refractivity (Wildman–Crippen MR) is 156 cm³/mol. The number of aliphatic imine (C=N–C) groups is 1. The number of aliphatic hydroxyl groups is 1. The first-order valence-electron chi connectivity index (χ1n) is 13.9. The van der Waals surface area contributed by atoms with Crippen LogP contribution in [0.4, 0.5) is 11.5 Å². The highest BCUT2D eigenvalue weighted by molar-refractivity contribution is 6.15. The van der Waals surface area contributed by atoms with E-state index in [0.717, 1.165) is 5.56 Å². The molecule has 3 aromatic rings. The maximum atomic E-state index is 13.1. The van der Waals surface area contributed by atoms with Gasteiger partial charge in [0.05, 0.1) is 11.1 Å². The number of carbonyl (C=O) groups excluding carboxylic acids is 5. The average molecular weight is 578 g/mol. The lowest BCUT2D eigenvalue weighted by molar-refractivity contribution is -0.137. The molecule has 0 radical (unpaired) electrons. The van der Waals surface area contributed by atoms with Gasteiger partial charge in [0.2, 0.25) is 11.8 Å². The first-order chi connectivity index (χ1) is 20.8. The summed E-state index contributed by atoms with van der Waals surface area (Å²) in [7, 11) is 0. The second kappa shape index (κ2) is 11.4. The van der Waals surface area contributed by atoms with E-state index >= 15 is 0 Å². The number of aromatic nitrogens is 1. The predicted octanol–water partition coefficient (Wildman–Crippen LogP) is 3.76. The molecule has 3 N–H and O–H groups in total. The van der Waals surface area contributed by atoms with Crippen molar-refractivity contribution < 1.29 is 29.1 Å². The topological polar surface area (TPSA) is 158 Å². The summed E-state index contributed by atoms with van der Waals surface area (Å²) >= 11 is 0. The molecule has 0 bridgehead atoms. The van der Waals surface area contributed by atoms with Gasteiger partial charge in [0.1, 0.15) is 11.8 Å². The molecular weight excluding hydrogens is 550 g/mol. The molecule has 2 aromatic carbocycles. The molecule has 3 aliphatic rings. The Hall–Kier alpha value is -5.45. The third-order valence-corrected chi connectivity index (χ3v) is 7.92. The zero-order valence-corrected chi connectivity index (χ0v) is 22.9. The molecule has 216 valence electrons. The number of nitrogens with zero attached hydrogens (tertiary/aromatic N) is 3. The lowest BCUT2D eigenvalue weighted by Crippen LogP contribution is -2.52. The molecule has 1 aliphatic carbocycles. The lowest BCUT2D eigenvalue weighted by Gasteiger charge is -2.29. The van der Waals surface area contributed by atoms with E-state index in [-0.39, 0.29) is 72.0 Å². The molecule has 43 heavy (non-hydrogen) atoms. The molecular formula is C32H27N5O6. The van der Waals surface area contributed by atoms with Crippen LogP contribution in [0.2, 0.25) is 0 Å². The Morgan fingerprint density at radius 1 is 1.02 bits per heavy atom. The highest BCUT2D eigenvalue weighted by Gasteiger charge is 2.40. The van der Waals surface area contributed by atoms with Gasteiger partial charge in [0.15, 0.2) is 11.6 Å². The lowest BCUT2D eigenvalue weighted by atomic mass is 9.83. The molecule has 0 saturated carbocycles. The summed E-state index contributed by atoms with van der Waals surface area (Å²) in [5.74, 6) is -1.73. The molecule has 2 atom stereocenters. The summed E-state index contributed by atoms with van der Waals surface area (Å²) in [6, 6.07) is 16.8. The molecule has 2 aliphatic heterocycles. The van der Waals surface area contributed by atoms with Gasteiger partial charge in [-0.25, -0.2) is 9.98 Å². The molecule has 2 unspecified atom stereocenters. The number of hydrogen-bond donors (Lipinski definition) is 3. The summed E-state index contributed by atoms with van der Waals surface area (Å²) in [4.78, 5) is 72.6. The fraction of sp³-hybridized carbons (Fsp3) is 0.219. The van der Waals surface area contributed by atoms with Gasteiger partial charge in [0, 0.05) is 55.0 Å². The number of benzene rings is 2. The fourth-order valence-corrected chi connectivity index (χ4v) is 5.64. The Balaban J connectivity index is 1.12. The zero-order chi connectivity index (χ0) is 30.1. The molecule has 4 amide bonds. The minimum absolute atomic E-state index is 0.0186. The average Bonchev–Trinajstić information content (AvgIpc) is 3.34. The molecule has 11 heteroatoms. The van der Waals surface area contributed by atoms with E-state index in [1.165, 1.54) is 29.4 Å². The van der Waals surface area contributed by atoms with Gasteiger partial charge in [-0.3, -0.25) is 29.3 Å². The number of imide groups is 1. The van der Waals surface area contributed by atoms with Crippen molar-refractivity contribution in [3.05, 3.63) is 100 Å². The Bertz CT molecular complexity index is 1710. The van der Waals surface area contributed by atoms with E-state index in [4.69, 9.17) is 0 Å². The molecule has 1 fully saturated rings. The number of Topliss-reactive ketones (excluding diaryl/α,β-unsaturated/α-hetero) is 1. The number of carbonyl (C=O) groups is 5. The summed E-state index contributed by atoms with van der Waals surface area (Å²) in [6.07, 6.45) is 3.64. The van der Waals surface area contributed by atoms with E-state index in [1.807, 2.05) is 30.3 Å². The minimum atomic E-state index is -0.759. The van der Waals surface area contributed by atoms with Crippen molar-refractivity contribution in [3.63, 3.8) is 0 Å². The second-order valence-electron chi connectivity index (χ2n) is 10.6. The van der Waals surface area contributed by atoms with Crippen molar-refractivity contribution in [3.8, 4) is 0 Å². The Morgan fingerprint density at radius 3 is 2.56 bits per heavy atom. The molecule has 11 nitrogen and oxygen atoms in total. The van der Waals surface area contributed by atoms with Crippen molar-refractivity contribution in [1.82, 2.24) is 15.2 Å². The number of nitrogens with one attached hydrogen (secondary N) is 2. The molecule has 3 heterocycles. The highest BCUT2D eigenvalue weighted by atomic mass is 16.3. The van der Waals surface area contributed by atoms with Crippen LogP contribution in [-0.2, 0) is 20.9 Å². The van der Waals surface area contributed by atoms with Crippen molar-refractivity contribution in [2.75, 3.05) is 5.32 Å². The van der Waals surface area contributed by atoms with Crippen LogP contribution in [0.5, 0.6) is 0 Å². The molecule has 0 spiro atoms. The van der Waals surface area contributed by atoms with Crippen molar-refractivity contribution in [1.29, 1.82) is 0 Å². The van der Waals surface area contributed by atoms with Crippen molar-refractivity contribution in [2.45, 2.75) is 44.2 Å². The summed E-state index contributed by atoms with van der Waals surface area (Å²) in [6.45, 7) is 0.121. The number of amides is 4. The quantitative estimate of drug-likeness (QED) is 0.297. The van der Waals surface area contributed by atoms with Crippen molar-refractivity contribution >= 4 is 47.1 Å². The molecule has 6 rings (SSSR count). The highest BCUT2D eigenvalue weighted by Crippen LogP contribution is 2.34. The van der Waals surface area contributed by atoms with Gasteiger partial charge in [0.25, 0.3) is 11.8 Å². The third-order valence-electron chi connectivity index (χ3n) is 7.92. The largest absolute Gasteiger partial charge is 0.511 e. The smallest absolute Gasteiger partial charge is 0.257 e. The number of anilines is 1. The van der Waals surface area contributed by atoms with E-state index in [0.29, 0.717) is 23.2 Å². The third kappa shape index (κ3) is 5.56. The zero-order valence-electron chi connectivity index (χ0n) is 22.9. The Morgan fingerprint density at radius 2 is 1.84 bits per heavy atom. The molecule has 1 aromatic heterocycles. The van der Waals surface area contributed by atoms with Gasteiger partial charge < -0.3 is 15.3 Å². The van der Waals surface area contributed by atoms with Crippen LogP contribution in [0.25, 0.3) is 0 Å². The van der Waals surface area contributed by atoms with Crippen LogP contribution in [0.1, 0.15) is 63.4 Å². The van der Waals surface area contributed by atoms with E-state index in [9.17, 15) is 29.1 Å². The summed E-state index contributed by atoms with van der Waals surface area (Å²) in [5, 5.41) is 15.6. The van der Waals surface area contributed by atoms with E-state index in [1.54, 1.807) is 18.2 Å². The standard InChI is InChI=1S/C32H27N5O6/c38-26-13-20(18-5-2-1-3-6-18)14-27(39)22(26)16-34-28-11-9-19(15-33-28)30(41)35-24-8-4-7-21-23(24)17-37(32(21)43)25-10-12-29(40)36-31(25)42/h1-9,11,15-16,20,25,38H,10,12-14,17H2,(H,35,41)(H,36,40,42). The van der Waals surface area contributed by atoms with Gasteiger partial charge in [-0.1, -0.05) is 36.4 Å². The fourth-order valence-electron chi connectivity index (χ4n) is 5.64. The van der Waals surface area contributed by atoms with Crippen LogP contribution >= 0.6 is 0 Å². The number of hydrogen-bond acceptors (Lipinski definition) is 8. The van der Waals surface area contributed by atoms with Gasteiger partial charge >= 0.3 is 0 Å². The molecule has 1 saturated heterocycles. The monoisotopic (exact) mass is 577 g/mol. The van der Waals surface area contributed by atoms with Gasteiger partial charge in [-0.05, 0) is 42.2 Å². The number of ketones is 1. The summed E-state index contributed by atoms with van der Waals surface area (Å²) < 4.78 is 0. The Kier molecular flexibility index (Phi) is 7.37. The van der Waals surface area contributed by atoms with Crippen LogP contribution in [0, 0.1) is 0 Å². The number of rotatable bonds is 6. The number of pyridine rings is 1. The minimum Gasteiger partial charge on any atom is -0.511 e. The van der Waals surface area contributed by atoms with Crippen molar-refractivity contribution in [2.24, 2.45) is 4.99 Å². The SMILES string of the molecule is O=C1CCC(N2Cc3c(NC(=O)c4ccc(N=CC5=C(O)CC(c6ccccc6)CC5=O)nc4)cccc3C2=O)C(=O)N1. The van der Waals surface area contributed by atoms with Crippen LogP contribution in [0.15, 0.2) is 83.2 Å². The number of aliphatic hydroxyl groups excluding tert-OH is 1. The van der Waals surface area contributed by atoms with Gasteiger partial charge in [-0.2, -0.15) is 0 Å². The first-order valence-corrected chi connectivity index (χ1v) is 13.9. The van der Waals surface area contributed by atoms with E-state index in [2.05, 4.69) is 20.6 Å². The Labute approximate surface area is 246 Å². The number of allylic oxidation sites excluding steroid dienone is 2. The normalized spacial score (nSPS) is 20.4. The van der Waals surface area contributed by atoms with Gasteiger partial charge in [-0.15, -0.1) is 0 Å². The van der Waals surface area contributed by atoms with Crippen LogP contribution in [0.3, 0.4) is 0 Å². The number of fused-ring (bicyclic) bond motifs is 1. The first kappa shape index (κ1) is 27.7. The maximum Gasteiger partial charge on any atom is 0.257 e. The summed E-state index contributed by atoms with van der Waals surface area (Å²) in [5.41, 5.74) is 2.78. The van der Waals surface area contributed by atoms with Crippen LogP contribution in [-0.4, -0.2) is 56.7 Å². The van der Waals surface area contributed by atoms with E-state index < -0.39 is 17.9 Å². The maximum absolute atomic E-state index is 13.1. The second-order valence-corrected chi connectivity index (χ2v) is 10.6.